The van der Waals surface area contributed by atoms with Gasteiger partial charge in [0.2, 0.25) is 17.7 Å². The van der Waals surface area contributed by atoms with Crippen molar-refractivity contribution in [2.24, 2.45) is 5.92 Å². The third kappa shape index (κ3) is 5.19. The summed E-state index contributed by atoms with van der Waals surface area (Å²) in [4.78, 5) is 31.4. The van der Waals surface area contributed by atoms with Crippen LogP contribution >= 0.6 is 0 Å². The van der Waals surface area contributed by atoms with Crippen LogP contribution in [0.15, 0.2) is 60.8 Å². The van der Waals surface area contributed by atoms with Crippen LogP contribution in [0.1, 0.15) is 18.9 Å². The quantitative estimate of drug-likeness (QED) is 0.515. The molecular formula is C27H27N3O6. The molecule has 0 radical (unpaired) electrons. The van der Waals surface area contributed by atoms with Gasteiger partial charge >= 0.3 is 0 Å². The van der Waals surface area contributed by atoms with Crippen molar-refractivity contribution < 1.29 is 28.5 Å². The molecule has 2 aromatic carbocycles. The number of pyridine rings is 1. The molecule has 2 amide bonds. The summed E-state index contributed by atoms with van der Waals surface area (Å²) in [5, 5.41) is 2.92. The van der Waals surface area contributed by atoms with Gasteiger partial charge in [-0.15, -0.1) is 0 Å². The molecule has 36 heavy (non-hydrogen) atoms. The number of amides is 2. The van der Waals surface area contributed by atoms with E-state index in [1.165, 1.54) is 0 Å². The fourth-order valence-electron chi connectivity index (χ4n) is 4.16. The molecule has 2 aliphatic rings. The molecule has 1 aromatic heterocycles. The maximum atomic E-state index is 12.8. The summed E-state index contributed by atoms with van der Waals surface area (Å²) in [6.07, 6.45) is 1.81. The van der Waals surface area contributed by atoms with Gasteiger partial charge in [-0.2, -0.15) is 0 Å². The Morgan fingerprint density at radius 1 is 1.08 bits per heavy atom. The number of anilines is 1. The van der Waals surface area contributed by atoms with E-state index in [0.717, 1.165) is 5.56 Å². The molecule has 9 nitrogen and oxygen atoms in total. The first-order valence-electron chi connectivity index (χ1n) is 11.9. The third-order valence-electron chi connectivity index (χ3n) is 5.96. The first kappa shape index (κ1) is 23.5. The topological polar surface area (TPSA) is 99.2 Å². The highest BCUT2D eigenvalue weighted by Crippen LogP contribution is 2.36. The average Bonchev–Trinajstić information content (AvgIpc) is 3.30. The SMILES string of the molecule is CCOc1ccccc1Oc1ccc(CNC(=O)C2CC(=O)N(c3ccc4c(c3)OCCO4)C2)cn1. The number of ether oxygens (including phenoxy) is 4. The Labute approximate surface area is 208 Å². The number of para-hydroxylation sites is 2. The highest BCUT2D eigenvalue weighted by atomic mass is 16.6. The van der Waals surface area contributed by atoms with Crippen LogP contribution in [0.4, 0.5) is 5.69 Å². The Morgan fingerprint density at radius 2 is 1.89 bits per heavy atom. The number of carbonyl (C=O) groups excluding carboxylic acids is 2. The summed E-state index contributed by atoms with van der Waals surface area (Å²) in [7, 11) is 0. The number of aromatic nitrogens is 1. The monoisotopic (exact) mass is 489 g/mol. The largest absolute Gasteiger partial charge is 0.490 e. The zero-order valence-corrected chi connectivity index (χ0v) is 19.9. The van der Waals surface area contributed by atoms with Crippen LogP contribution in [0.5, 0.6) is 28.9 Å². The maximum absolute atomic E-state index is 12.8. The lowest BCUT2D eigenvalue weighted by molar-refractivity contribution is -0.126. The predicted octanol–water partition coefficient (Wildman–Crippen LogP) is 3.71. The summed E-state index contributed by atoms with van der Waals surface area (Å²) < 4.78 is 22.6. The van der Waals surface area contributed by atoms with Crippen LogP contribution in [0.25, 0.3) is 0 Å². The molecule has 0 saturated carbocycles. The molecule has 0 spiro atoms. The molecule has 1 atom stereocenters. The molecule has 2 aliphatic heterocycles. The van der Waals surface area contributed by atoms with Crippen LogP contribution in [-0.2, 0) is 16.1 Å². The number of hydrogen-bond donors (Lipinski definition) is 1. The number of carbonyl (C=O) groups is 2. The molecule has 186 valence electrons. The standard InChI is InChI=1S/C27H27N3O6/c1-2-33-21-5-3-4-6-23(21)36-25-10-7-18(15-28-25)16-29-27(32)19-13-26(31)30(17-19)20-8-9-22-24(14-20)35-12-11-34-22/h3-10,14-15,19H,2,11-13,16-17H2,1H3,(H,29,32). The lowest BCUT2D eigenvalue weighted by Gasteiger charge is -2.22. The lowest BCUT2D eigenvalue weighted by atomic mass is 10.1. The van der Waals surface area contributed by atoms with E-state index in [1.807, 2.05) is 43.3 Å². The van der Waals surface area contributed by atoms with Gasteiger partial charge in [-0.25, -0.2) is 4.98 Å². The zero-order valence-electron chi connectivity index (χ0n) is 19.9. The van der Waals surface area contributed by atoms with Crippen molar-refractivity contribution in [3.05, 3.63) is 66.4 Å². The average molecular weight is 490 g/mol. The van der Waals surface area contributed by atoms with Gasteiger partial charge in [0, 0.05) is 43.5 Å². The number of fused-ring (bicyclic) bond motifs is 1. The van der Waals surface area contributed by atoms with Crippen molar-refractivity contribution in [1.29, 1.82) is 0 Å². The van der Waals surface area contributed by atoms with Crippen molar-refractivity contribution >= 4 is 17.5 Å². The molecular weight excluding hydrogens is 462 g/mol. The van der Waals surface area contributed by atoms with E-state index < -0.39 is 5.92 Å². The summed E-state index contributed by atoms with van der Waals surface area (Å²) in [6.45, 7) is 4.04. The van der Waals surface area contributed by atoms with Crippen LogP contribution in [-0.4, -0.2) is 43.2 Å². The van der Waals surface area contributed by atoms with Gasteiger partial charge in [0.15, 0.2) is 23.0 Å². The minimum atomic E-state index is -0.434. The molecule has 1 fully saturated rings. The van der Waals surface area contributed by atoms with E-state index in [4.69, 9.17) is 18.9 Å². The molecule has 1 saturated heterocycles. The lowest BCUT2D eigenvalue weighted by Crippen LogP contribution is -2.32. The Bertz CT molecular complexity index is 1250. The van der Waals surface area contributed by atoms with Gasteiger partial charge in [0.25, 0.3) is 0 Å². The minimum Gasteiger partial charge on any atom is -0.490 e. The molecule has 0 aliphatic carbocycles. The third-order valence-corrected chi connectivity index (χ3v) is 5.96. The van der Waals surface area contributed by atoms with Gasteiger partial charge < -0.3 is 29.2 Å². The molecule has 0 bridgehead atoms. The Kier molecular flexibility index (Phi) is 6.88. The van der Waals surface area contributed by atoms with Crippen molar-refractivity contribution in [3.8, 4) is 28.9 Å². The number of hydrogen-bond acceptors (Lipinski definition) is 7. The molecule has 1 N–H and O–H groups in total. The van der Waals surface area contributed by atoms with Gasteiger partial charge in [-0.1, -0.05) is 18.2 Å². The Hall–Kier alpha value is -4.27. The van der Waals surface area contributed by atoms with E-state index in [1.54, 1.807) is 29.3 Å². The predicted molar refractivity (Wildman–Crippen MR) is 132 cm³/mol. The molecule has 3 aromatic rings. The smallest absolute Gasteiger partial charge is 0.227 e. The summed E-state index contributed by atoms with van der Waals surface area (Å²) in [6, 6.07) is 16.4. The fourth-order valence-corrected chi connectivity index (χ4v) is 4.16. The molecule has 5 rings (SSSR count). The molecule has 1 unspecified atom stereocenters. The second-order valence-corrected chi connectivity index (χ2v) is 8.44. The first-order valence-corrected chi connectivity index (χ1v) is 11.9. The second-order valence-electron chi connectivity index (χ2n) is 8.44. The number of nitrogens with zero attached hydrogens (tertiary/aromatic N) is 2. The van der Waals surface area contributed by atoms with E-state index in [2.05, 4.69) is 10.3 Å². The Morgan fingerprint density at radius 3 is 2.67 bits per heavy atom. The normalized spacial score (nSPS) is 16.5. The molecule has 9 heteroatoms. The van der Waals surface area contributed by atoms with Crippen LogP contribution in [0.3, 0.4) is 0 Å². The number of benzene rings is 2. The van der Waals surface area contributed by atoms with Gasteiger partial charge in [-0.05, 0) is 36.8 Å². The summed E-state index contributed by atoms with van der Waals surface area (Å²) >= 11 is 0. The molecule has 3 heterocycles. The van der Waals surface area contributed by atoms with E-state index >= 15 is 0 Å². The van der Waals surface area contributed by atoms with E-state index in [9.17, 15) is 9.59 Å². The minimum absolute atomic E-state index is 0.0951. The van der Waals surface area contributed by atoms with Crippen molar-refractivity contribution in [3.63, 3.8) is 0 Å². The summed E-state index contributed by atoms with van der Waals surface area (Å²) in [5.74, 6) is 2.23. The van der Waals surface area contributed by atoms with E-state index in [0.29, 0.717) is 67.5 Å². The van der Waals surface area contributed by atoms with Gasteiger partial charge in [0.1, 0.15) is 13.2 Å². The van der Waals surface area contributed by atoms with Crippen LogP contribution < -0.4 is 29.2 Å². The van der Waals surface area contributed by atoms with Crippen molar-refractivity contribution in [2.75, 3.05) is 31.3 Å². The fraction of sp³-hybridized carbons (Fsp3) is 0.296. The van der Waals surface area contributed by atoms with Crippen molar-refractivity contribution in [1.82, 2.24) is 10.3 Å². The number of nitrogens with one attached hydrogen (secondary N) is 1. The second kappa shape index (κ2) is 10.6. The van der Waals surface area contributed by atoms with Gasteiger partial charge in [0.05, 0.1) is 12.5 Å². The van der Waals surface area contributed by atoms with Gasteiger partial charge in [-0.3, -0.25) is 9.59 Å². The van der Waals surface area contributed by atoms with Crippen LogP contribution in [0.2, 0.25) is 0 Å². The van der Waals surface area contributed by atoms with Crippen molar-refractivity contribution in [2.45, 2.75) is 19.9 Å². The first-order chi connectivity index (χ1) is 17.6. The summed E-state index contributed by atoms with van der Waals surface area (Å²) in [5.41, 5.74) is 1.52. The highest BCUT2D eigenvalue weighted by molar-refractivity contribution is 6.00. The Balaban J connectivity index is 1.15. The maximum Gasteiger partial charge on any atom is 0.227 e. The number of rotatable bonds is 8. The highest BCUT2D eigenvalue weighted by Gasteiger charge is 2.35. The zero-order chi connectivity index (χ0) is 24.9. The van der Waals surface area contributed by atoms with E-state index in [-0.39, 0.29) is 18.2 Å². The van der Waals surface area contributed by atoms with Crippen LogP contribution in [0, 0.1) is 5.92 Å².